The molecule has 4 rings (SSSR count). The van der Waals surface area contributed by atoms with E-state index >= 15 is 0 Å². The highest BCUT2D eigenvalue weighted by Crippen LogP contribution is 2.34. The van der Waals surface area contributed by atoms with E-state index in [4.69, 9.17) is 27.8 Å². The second-order valence-corrected chi connectivity index (χ2v) is 7.51. The first kappa shape index (κ1) is 22.0. The summed E-state index contributed by atoms with van der Waals surface area (Å²) >= 11 is 6.17. The van der Waals surface area contributed by atoms with Crippen LogP contribution in [0.15, 0.2) is 67.1 Å². The molecule has 0 fully saturated rings. The molecule has 3 aromatic heterocycles. The van der Waals surface area contributed by atoms with Gasteiger partial charge in [0.15, 0.2) is 6.04 Å². The molecule has 166 valence electrons. The molecule has 1 atom stereocenters. The largest absolute Gasteiger partial charge is 0.464 e. The second kappa shape index (κ2) is 9.09. The summed E-state index contributed by atoms with van der Waals surface area (Å²) in [6.07, 6.45) is 4.70. The number of nitrogens with zero attached hydrogens (tertiary/aromatic N) is 4. The van der Waals surface area contributed by atoms with Gasteiger partial charge >= 0.3 is 5.97 Å². The molecule has 0 bridgehead atoms. The maximum atomic E-state index is 12.6. The number of primary amides is 1. The summed E-state index contributed by atoms with van der Waals surface area (Å²) in [5.74, 6) is -1.31. The van der Waals surface area contributed by atoms with Crippen LogP contribution in [0, 0.1) is 0 Å². The molecule has 4 N–H and O–H groups in total. The first-order chi connectivity index (χ1) is 15.9. The van der Waals surface area contributed by atoms with Crippen molar-refractivity contribution < 1.29 is 14.3 Å². The molecule has 3 heterocycles. The molecular formula is C23H19ClN6O3. The molecule has 0 spiro atoms. The Hall–Kier alpha value is -4.24. The molecule has 0 saturated carbocycles. The molecule has 1 unspecified atom stereocenters. The van der Waals surface area contributed by atoms with Gasteiger partial charge in [0.25, 0.3) is 0 Å². The van der Waals surface area contributed by atoms with Crippen LogP contribution >= 0.6 is 11.6 Å². The average Bonchev–Trinajstić information content (AvgIpc) is 3.24. The Bertz CT molecular complexity index is 1340. The van der Waals surface area contributed by atoms with Crippen molar-refractivity contribution in [2.45, 2.75) is 6.04 Å². The smallest absolute Gasteiger partial charge is 0.354 e. The van der Waals surface area contributed by atoms with Crippen molar-refractivity contribution in [1.82, 2.24) is 19.5 Å². The van der Waals surface area contributed by atoms with E-state index in [2.05, 4.69) is 15.0 Å². The van der Waals surface area contributed by atoms with Crippen LogP contribution < -0.4 is 11.5 Å². The van der Waals surface area contributed by atoms with Crippen LogP contribution in [0.25, 0.3) is 22.4 Å². The number of aromatic nitrogens is 4. The van der Waals surface area contributed by atoms with Crippen LogP contribution in [0.4, 0.5) is 5.95 Å². The Morgan fingerprint density at radius 2 is 1.91 bits per heavy atom. The van der Waals surface area contributed by atoms with Gasteiger partial charge in [-0.2, -0.15) is 0 Å². The number of rotatable bonds is 6. The summed E-state index contributed by atoms with van der Waals surface area (Å²) < 4.78 is 6.36. The molecule has 10 heteroatoms. The fourth-order valence-electron chi connectivity index (χ4n) is 3.54. The zero-order chi connectivity index (χ0) is 23.5. The molecular weight excluding hydrogens is 444 g/mol. The Morgan fingerprint density at radius 3 is 2.58 bits per heavy atom. The molecule has 33 heavy (non-hydrogen) atoms. The fourth-order valence-corrected chi connectivity index (χ4v) is 3.73. The van der Waals surface area contributed by atoms with Crippen molar-refractivity contribution >= 4 is 29.4 Å². The van der Waals surface area contributed by atoms with Gasteiger partial charge in [-0.1, -0.05) is 29.8 Å². The predicted molar refractivity (Wildman–Crippen MR) is 123 cm³/mol. The third kappa shape index (κ3) is 4.39. The molecule has 9 nitrogen and oxygen atoms in total. The summed E-state index contributed by atoms with van der Waals surface area (Å²) in [4.78, 5) is 37.8. The number of ether oxygens (including phenoxy) is 1. The van der Waals surface area contributed by atoms with E-state index in [1.54, 1.807) is 54.9 Å². The maximum absolute atomic E-state index is 12.6. The van der Waals surface area contributed by atoms with Crippen LogP contribution in [0.2, 0.25) is 5.02 Å². The number of halogens is 1. The van der Waals surface area contributed by atoms with E-state index in [0.717, 1.165) is 5.56 Å². The van der Waals surface area contributed by atoms with Crippen molar-refractivity contribution in [3.63, 3.8) is 0 Å². The number of methoxy groups -OCH3 is 1. The zero-order valence-electron chi connectivity index (χ0n) is 17.5. The molecule has 0 radical (unpaired) electrons. The molecule has 0 aliphatic rings. The van der Waals surface area contributed by atoms with E-state index in [9.17, 15) is 9.59 Å². The lowest BCUT2D eigenvalue weighted by atomic mass is 10.0. The minimum absolute atomic E-state index is 0.0410. The number of esters is 1. The number of carbonyl (C=O) groups is 2. The fraction of sp³-hybridized carbons (Fsp3) is 0.0870. The van der Waals surface area contributed by atoms with Crippen molar-refractivity contribution in [2.75, 3.05) is 12.8 Å². The number of hydrogen-bond donors (Lipinski definition) is 2. The van der Waals surface area contributed by atoms with Crippen LogP contribution in [0.5, 0.6) is 0 Å². The third-order valence-corrected chi connectivity index (χ3v) is 5.21. The summed E-state index contributed by atoms with van der Waals surface area (Å²) in [6, 6.07) is 12.8. The monoisotopic (exact) mass is 462 g/mol. The zero-order valence-corrected chi connectivity index (χ0v) is 18.2. The number of benzene rings is 1. The van der Waals surface area contributed by atoms with Crippen molar-refractivity contribution in [2.24, 2.45) is 5.73 Å². The van der Waals surface area contributed by atoms with E-state index in [1.165, 1.54) is 17.9 Å². The lowest BCUT2D eigenvalue weighted by Crippen LogP contribution is -2.30. The third-order valence-electron chi connectivity index (χ3n) is 4.98. The first-order valence-corrected chi connectivity index (χ1v) is 10.2. The maximum Gasteiger partial charge on any atom is 0.354 e. The molecule has 0 aliphatic carbocycles. The van der Waals surface area contributed by atoms with E-state index < -0.39 is 17.9 Å². The molecule has 0 aliphatic heterocycles. The van der Waals surface area contributed by atoms with Gasteiger partial charge in [0.05, 0.1) is 18.5 Å². The number of carbonyl (C=O) groups excluding carboxylic acids is 2. The van der Waals surface area contributed by atoms with Gasteiger partial charge in [0.1, 0.15) is 5.69 Å². The van der Waals surface area contributed by atoms with E-state index in [1.807, 2.05) is 6.07 Å². The molecule has 1 amide bonds. The Kier molecular flexibility index (Phi) is 6.05. The topological polar surface area (TPSA) is 139 Å². The van der Waals surface area contributed by atoms with Gasteiger partial charge in [-0.05, 0) is 35.9 Å². The summed E-state index contributed by atoms with van der Waals surface area (Å²) in [6.45, 7) is 0. The number of pyridine rings is 1. The van der Waals surface area contributed by atoms with Gasteiger partial charge < -0.3 is 20.8 Å². The summed E-state index contributed by atoms with van der Waals surface area (Å²) in [7, 11) is 1.25. The predicted octanol–water partition coefficient (Wildman–Crippen LogP) is 3.10. The standard InChI is InChI=1S/C23H19ClN6O3/c1-33-22(32)18-10-14(12-30(18)20(21(25)31)17-7-2-3-8-27-17)19-16(11-28-23(26)29-19)13-5-4-6-15(24)9-13/h2-12,20H,1H3,(H2,25,31)(H2,26,28,29). The molecule has 1 aromatic carbocycles. The van der Waals surface area contributed by atoms with Crippen LogP contribution in [0.3, 0.4) is 0 Å². The van der Waals surface area contributed by atoms with Crippen LogP contribution in [0.1, 0.15) is 22.2 Å². The highest BCUT2D eigenvalue weighted by molar-refractivity contribution is 6.30. The van der Waals surface area contributed by atoms with Gasteiger partial charge in [-0.25, -0.2) is 14.8 Å². The minimum Gasteiger partial charge on any atom is -0.464 e. The van der Waals surface area contributed by atoms with Crippen molar-refractivity contribution in [3.8, 4) is 22.4 Å². The van der Waals surface area contributed by atoms with Gasteiger partial charge in [-0.3, -0.25) is 9.78 Å². The SMILES string of the molecule is COC(=O)c1cc(-c2nc(N)ncc2-c2cccc(Cl)c2)cn1C(C(N)=O)c1ccccn1. The number of nitrogen functional groups attached to an aromatic ring is 1. The van der Waals surface area contributed by atoms with Gasteiger partial charge in [0, 0.05) is 34.7 Å². The Balaban J connectivity index is 1.94. The normalized spacial score (nSPS) is 11.7. The summed E-state index contributed by atoms with van der Waals surface area (Å²) in [5.41, 5.74) is 14.4. The molecule has 0 saturated heterocycles. The average molecular weight is 463 g/mol. The first-order valence-electron chi connectivity index (χ1n) is 9.78. The highest BCUT2D eigenvalue weighted by atomic mass is 35.5. The molecule has 4 aromatic rings. The number of amides is 1. The van der Waals surface area contributed by atoms with Gasteiger partial charge in [0.2, 0.25) is 11.9 Å². The van der Waals surface area contributed by atoms with Crippen molar-refractivity contribution in [3.05, 3.63) is 83.5 Å². The van der Waals surface area contributed by atoms with Crippen LogP contribution in [-0.2, 0) is 9.53 Å². The number of hydrogen-bond acceptors (Lipinski definition) is 7. The lowest BCUT2D eigenvalue weighted by Gasteiger charge is -2.17. The Morgan fingerprint density at radius 1 is 1.09 bits per heavy atom. The van der Waals surface area contributed by atoms with E-state index in [-0.39, 0.29) is 11.6 Å². The van der Waals surface area contributed by atoms with E-state index in [0.29, 0.717) is 27.5 Å². The minimum atomic E-state index is -1.05. The quantitative estimate of drug-likeness (QED) is 0.419. The van der Waals surface area contributed by atoms with Crippen molar-refractivity contribution in [1.29, 1.82) is 0 Å². The number of anilines is 1. The summed E-state index contributed by atoms with van der Waals surface area (Å²) in [5, 5.41) is 0.534. The Labute approximate surface area is 194 Å². The highest BCUT2D eigenvalue weighted by Gasteiger charge is 2.28. The second-order valence-electron chi connectivity index (χ2n) is 7.07. The van der Waals surface area contributed by atoms with Gasteiger partial charge in [-0.15, -0.1) is 0 Å². The van der Waals surface area contributed by atoms with Crippen LogP contribution in [-0.4, -0.2) is 38.5 Å². The number of nitrogens with two attached hydrogens (primary N) is 2. The lowest BCUT2D eigenvalue weighted by molar-refractivity contribution is -0.120.